The van der Waals surface area contributed by atoms with Crippen molar-refractivity contribution in [2.24, 2.45) is 0 Å². The molecule has 0 amide bonds. The molecule has 1 rings (SSSR count). The van der Waals surface area contributed by atoms with Gasteiger partial charge in [0.25, 0.3) is 0 Å². The van der Waals surface area contributed by atoms with Gasteiger partial charge in [-0.3, -0.25) is 4.79 Å². The first-order valence-electron chi connectivity index (χ1n) is 2.68. The van der Waals surface area contributed by atoms with Crippen molar-refractivity contribution in [3.8, 4) is 0 Å². The summed E-state index contributed by atoms with van der Waals surface area (Å²) in [7, 11) is 2.90. The second-order valence-corrected chi connectivity index (χ2v) is 1.82. The molecular weight excluding hydrogens is 122 g/mol. The highest BCUT2D eigenvalue weighted by Crippen LogP contribution is 2.17. The lowest BCUT2D eigenvalue weighted by Gasteiger charge is -1.96. The Hall–Kier alpha value is -0.610. The third kappa shape index (κ3) is 1.20. The number of esters is 1. The predicted octanol–water partition coefficient (Wildman–Crippen LogP) is -0.595. The van der Waals surface area contributed by atoms with Crippen molar-refractivity contribution in [1.29, 1.82) is 0 Å². The van der Waals surface area contributed by atoms with Crippen molar-refractivity contribution < 1.29 is 14.4 Å². The van der Waals surface area contributed by atoms with Gasteiger partial charge < -0.3 is 9.57 Å². The summed E-state index contributed by atoms with van der Waals surface area (Å²) in [6, 6.07) is -0.153. The van der Waals surface area contributed by atoms with Gasteiger partial charge in [0.1, 0.15) is 6.04 Å². The molecule has 1 fully saturated rings. The van der Waals surface area contributed by atoms with Crippen LogP contribution in [0.4, 0.5) is 0 Å². The van der Waals surface area contributed by atoms with Crippen LogP contribution in [-0.4, -0.2) is 37.8 Å². The number of hydroxylamine groups is 2. The third-order valence-corrected chi connectivity index (χ3v) is 1.27. The van der Waals surface area contributed by atoms with Crippen LogP contribution in [-0.2, 0) is 14.4 Å². The van der Waals surface area contributed by atoms with Crippen molar-refractivity contribution in [3.05, 3.63) is 0 Å². The number of ether oxygens (including phenoxy) is 1. The molecule has 4 nitrogen and oxygen atoms in total. The Labute approximate surface area is 53.3 Å². The number of methoxy groups -OCH3 is 1. The van der Waals surface area contributed by atoms with E-state index in [4.69, 9.17) is 4.84 Å². The van der Waals surface area contributed by atoms with E-state index in [0.717, 1.165) is 0 Å². The zero-order valence-corrected chi connectivity index (χ0v) is 5.46. The van der Waals surface area contributed by atoms with Crippen molar-refractivity contribution >= 4 is 5.97 Å². The molecule has 52 valence electrons. The van der Waals surface area contributed by atoms with Gasteiger partial charge in [-0.05, 0) is 0 Å². The minimum absolute atomic E-state index is 0.153. The quantitative estimate of drug-likeness (QED) is 0.370. The molecule has 0 aliphatic carbocycles. The van der Waals surface area contributed by atoms with Crippen LogP contribution >= 0.6 is 0 Å². The Morgan fingerprint density at radius 3 is 2.67 bits per heavy atom. The molecule has 0 spiro atoms. The lowest BCUT2D eigenvalue weighted by molar-refractivity contribution is -0.145. The molecule has 1 heterocycles. The van der Waals surface area contributed by atoms with Gasteiger partial charge in [0.15, 0.2) is 0 Å². The molecule has 1 saturated heterocycles. The first-order chi connectivity index (χ1) is 4.29. The summed E-state index contributed by atoms with van der Waals surface area (Å²) in [5.74, 6) is -0.225. The molecule has 0 aromatic rings. The monoisotopic (exact) mass is 131 g/mol. The fraction of sp³-hybridized carbons (Fsp3) is 0.800. The van der Waals surface area contributed by atoms with E-state index in [0.29, 0.717) is 6.54 Å². The van der Waals surface area contributed by atoms with Crippen LogP contribution in [0.25, 0.3) is 0 Å². The predicted molar refractivity (Wildman–Crippen MR) is 29.5 cm³/mol. The maximum atomic E-state index is 10.6. The SMILES string of the molecule is COC(=O)C1CN1OC. The maximum Gasteiger partial charge on any atom is 0.326 e. The van der Waals surface area contributed by atoms with Gasteiger partial charge in [-0.15, -0.1) is 0 Å². The van der Waals surface area contributed by atoms with Gasteiger partial charge in [0.2, 0.25) is 0 Å². The van der Waals surface area contributed by atoms with E-state index >= 15 is 0 Å². The highest BCUT2D eigenvalue weighted by molar-refractivity contribution is 5.78. The zero-order chi connectivity index (χ0) is 6.85. The first-order valence-corrected chi connectivity index (χ1v) is 2.68. The zero-order valence-electron chi connectivity index (χ0n) is 5.46. The minimum Gasteiger partial charge on any atom is -0.468 e. The molecule has 1 aliphatic rings. The average Bonchev–Trinajstić information content (AvgIpc) is 2.64. The highest BCUT2D eigenvalue weighted by Gasteiger charge is 2.42. The number of hydrogen-bond acceptors (Lipinski definition) is 4. The normalized spacial score (nSPS) is 31.8. The number of carbonyl (C=O) groups is 1. The Balaban J connectivity index is 2.25. The van der Waals surface area contributed by atoms with Crippen LogP contribution in [0.3, 0.4) is 0 Å². The number of rotatable bonds is 2. The summed E-state index contributed by atoms with van der Waals surface area (Å²) < 4.78 is 4.45. The van der Waals surface area contributed by atoms with Gasteiger partial charge in [0.05, 0.1) is 20.8 Å². The molecule has 0 aromatic heterocycles. The molecule has 2 atom stereocenters. The van der Waals surface area contributed by atoms with Crippen LogP contribution in [0.15, 0.2) is 0 Å². The summed E-state index contributed by atoms with van der Waals surface area (Å²) >= 11 is 0. The molecule has 0 saturated carbocycles. The molecule has 2 unspecified atom stereocenters. The van der Waals surface area contributed by atoms with E-state index < -0.39 is 0 Å². The Kier molecular flexibility index (Phi) is 1.68. The molecule has 0 radical (unpaired) electrons. The largest absolute Gasteiger partial charge is 0.468 e. The second kappa shape index (κ2) is 2.33. The summed E-state index contributed by atoms with van der Waals surface area (Å²) in [4.78, 5) is 15.3. The van der Waals surface area contributed by atoms with E-state index in [2.05, 4.69) is 4.74 Å². The molecular formula is C5H9NO3. The van der Waals surface area contributed by atoms with Crippen LogP contribution < -0.4 is 0 Å². The molecule has 0 bridgehead atoms. The lowest BCUT2D eigenvalue weighted by atomic mass is 10.5. The maximum absolute atomic E-state index is 10.6. The summed E-state index contributed by atoms with van der Waals surface area (Å²) in [5.41, 5.74) is 0. The van der Waals surface area contributed by atoms with Gasteiger partial charge >= 0.3 is 5.97 Å². The Bertz CT molecular complexity index is 125. The number of hydrogen-bond donors (Lipinski definition) is 0. The van der Waals surface area contributed by atoms with Crippen molar-refractivity contribution in [2.45, 2.75) is 6.04 Å². The van der Waals surface area contributed by atoms with Crippen LogP contribution in [0.2, 0.25) is 0 Å². The average molecular weight is 131 g/mol. The fourth-order valence-electron chi connectivity index (χ4n) is 0.653. The summed E-state index contributed by atoms with van der Waals surface area (Å²) in [6.45, 7) is 0.656. The molecule has 0 N–H and O–H groups in total. The van der Waals surface area contributed by atoms with Crippen molar-refractivity contribution in [1.82, 2.24) is 5.06 Å². The molecule has 1 aliphatic heterocycles. The van der Waals surface area contributed by atoms with Crippen LogP contribution in [0.1, 0.15) is 0 Å². The Morgan fingerprint density at radius 1 is 1.67 bits per heavy atom. The standard InChI is InChI=1S/C5H9NO3/c1-8-5(7)4-3-6(4)9-2/h4H,3H2,1-2H3. The molecule has 0 aromatic carbocycles. The minimum atomic E-state index is -0.225. The fourth-order valence-corrected chi connectivity index (χ4v) is 0.653. The van der Waals surface area contributed by atoms with E-state index in [1.165, 1.54) is 14.2 Å². The molecule has 4 heteroatoms. The highest BCUT2D eigenvalue weighted by atomic mass is 16.7. The van der Waals surface area contributed by atoms with Crippen LogP contribution in [0, 0.1) is 0 Å². The number of carbonyl (C=O) groups excluding carboxylic acids is 1. The number of nitrogens with zero attached hydrogens (tertiary/aromatic N) is 1. The van der Waals surface area contributed by atoms with Gasteiger partial charge in [-0.25, -0.2) is 0 Å². The van der Waals surface area contributed by atoms with Gasteiger partial charge in [-0.1, -0.05) is 0 Å². The first kappa shape index (κ1) is 6.51. The summed E-state index contributed by atoms with van der Waals surface area (Å²) in [6.07, 6.45) is 0. The molecule has 9 heavy (non-hydrogen) atoms. The van der Waals surface area contributed by atoms with E-state index in [1.807, 2.05) is 0 Å². The van der Waals surface area contributed by atoms with Gasteiger partial charge in [0, 0.05) is 0 Å². The second-order valence-electron chi connectivity index (χ2n) is 1.82. The van der Waals surface area contributed by atoms with Crippen LogP contribution in [0.5, 0.6) is 0 Å². The Morgan fingerprint density at radius 2 is 2.33 bits per heavy atom. The lowest BCUT2D eigenvalue weighted by Crippen LogP contribution is -2.13. The van der Waals surface area contributed by atoms with Crippen molar-refractivity contribution in [3.63, 3.8) is 0 Å². The van der Waals surface area contributed by atoms with E-state index in [1.54, 1.807) is 5.06 Å². The van der Waals surface area contributed by atoms with Crippen molar-refractivity contribution in [2.75, 3.05) is 20.8 Å². The smallest absolute Gasteiger partial charge is 0.326 e. The summed E-state index contributed by atoms with van der Waals surface area (Å²) in [5, 5.41) is 1.55. The van der Waals surface area contributed by atoms with E-state index in [-0.39, 0.29) is 12.0 Å². The van der Waals surface area contributed by atoms with Gasteiger partial charge in [-0.2, -0.15) is 5.06 Å². The third-order valence-electron chi connectivity index (χ3n) is 1.27. The van der Waals surface area contributed by atoms with E-state index in [9.17, 15) is 4.79 Å². The topological polar surface area (TPSA) is 38.5 Å².